The number of methoxy groups -OCH3 is 1. The van der Waals surface area contributed by atoms with E-state index in [-0.39, 0.29) is 0 Å². The first-order valence-corrected chi connectivity index (χ1v) is 8.93. The highest BCUT2D eigenvalue weighted by Crippen LogP contribution is 2.37. The van der Waals surface area contributed by atoms with Gasteiger partial charge < -0.3 is 14.8 Å². The third-order valence-corrected chi connectivity index (χ3v) is 4.61. The lowest BCUT2D eigenvalue weighted by atomic mass is 10.1. The number of halogens is 1. The minimum absolute atomic E-state index is 0.385. The highest BCUT2D eigenvalue weighted by atomic mass is 79.9. The van der Waals surface area contributed by atoms with Gasteiger partial charge in [-0.15, -0.1) is 0 Å². The second kappa shape index (κ2) is 7.74. The number of carbonyl (C=O) groups is 1. The van der Waals surface area contributed by atoms with Crippen molar-refractivity contribution in [2.24, 2.45) is 0 Å². The van der Waals surface area contributed by atoms with E-state index in [1.165, 1.54) is 7.11 Å². The summed E-state index contributed by atoms with van der Waals surface area (Å²) >= 11 is 3.44. The molecular weight excluding hydrogens is 396 g/mol. The molecule has 26 heavy (non-hydrogen) atoms. The molecule has 0 radical (unpaired) electrons. The zero-order valence-corrected chi connectivity index (χ0v) is 16.4. The minimum atomic E-state index is -0.769. The molecular formula is C20H19BrN2O3. The van der Waals surface area contributed by atoms with Gasteiger partial charge >= 0.3 is 6.16 Å². The zero-order valence-electron chi connectivity index (χ0n) is 14.8. The maximum Gasteiger partial charge on any atom is 0.513 e. The molecule has 5 nitrogen and oxygen atoms in total. The molecule has 6 heteroatoms. The van der Waals surface area contributed by atoms with Crippen molar-refractivity contribution in [1.82, 2.24) is 4.98 Å². The summed E-state index contributed by atoms with van der Waals surface area (Å²) in [5.41, 5.74) is 4.35. The molecule has 0 saturated carbocycles. The summed E-state index contributed by atoms with van der Waals surface area (Å²) < 4.78 is 11.1. The van der Waals surface area contributed by atoms with E-state index in [1.54, 1.807) is 0 Å². The molecule has 0 aliphatic rings. The topological polar surface area (TPSA) is 60.5 Å². The second-order valence-corrected chi connectivity index (χ2v) is 6.82. The number of anilines is 1. The number of fused-ring (bicyclic) bond motifs is 1. The maximum atomic E-state index is 11.7. The molecule has 1 N–H and O–H groups in total. The van der Waals surface area contributed by atoms with E-state index >= 15 is 0 Å². The lowest BCUT2D eigenvalue weighted by Gasteiger charge is -2.17. The first kappa shape index (κ1) is 18.2. The van der Waals surface area contributed by atoms with Crippen molar-refractivity contribution in [3.05, 3.63) is 63.8 Å². The number of carbonyl (C=O) groups excluding carboxylic acids is 1. The van der Waals surface area contributed by atoms with Crippen LogP contribution in [0, 0.1) is 13.8 Å². The van der Waals surface area contributed by atoms with Gasteiger partial charge in [0.25, 0.3) is 0 Å². The molecule has 0 amide bonds. The van der Waals surface area contributed by atoms with Crippen LogP contribution in [-0.2, 0) is 11.3 Å². The van der Waals surface area contributed by atoms with E-state index in [0.717, 1.165) is 32.2 Å². The Hall–Kier alpha value is -2.60. The monoisotopic (exact) mass is 414 g/mol. The van der Waals surface area contributed by atoms with E-state index in [9.17, 15) is 4.79 Å². The smallest absolute Gasteiger partial charge is 0.437 e. The van der Waals surface area contributed by atoms with Gasteiger partial charge in [0.15, 0.2) is 5.75 Å². The third-order valence-electron chi connectivity index (χ3n) is 4.08. The molecule has 0 fully saturated rings. The standard InChI is InChI=1S/C20H19BrN2O3/c1-12-5-4-6-16-17(12)18(19(13(2)23-16)26-20(24)25-3)22-11-14-7-9-15(21)10-8-14/h4-10H,11H2,1-3H3,(H,22,23). The van der Waals surface area contributed by atoms with Gasteiger partial charge in [-0.25, -0.2) is 9.78 Å². The first-order valence-electron chi connectivity index (χ1n) is 8.13. The van der Waals surface area contributed by atoms with Crippen LogP contribution in [0.15, 0.2) is 46.9 Å². The lowest BCUT2D eigenvalue weighted by Crippen LogP contribution is -2.12. The van der Waals surface area contributed by atoms with E-state index < -0.39 is 6.16 Å². The second-order valence-electron chi connectivity index (χ2n) is 5.91. The van der Waals surface area contributed by atoms with Crippen molar-refractivity contribution in [1.29, 1.82) is 0 Å². The average Bonchev–Trinajstić information content (AvgIpc) is 2.63. The summed E-state index contributed by atoms with van der Waals surface area (Å²) in [4.78, 5) is 16.3. The van der Waals surface area contributed by atoms with Crippen LogP contribution in [0.25, 0.3) is 10.9 Å². The van der Waals surface area contributed by atoms with Crippen LogP contribution in [0.3, 0.4) is 0 Å². The molecule has 0 saturated heterocycles. The predicted molar refractivity (Wildman–Crippen MR) is 106 cm³/mol. The number of benzene rings is 2. The van der Waals surface area contributed by atoms with E-state index in [2.05, 4.69) is 31.0 Å². The number of rotatable bonds is 4. The highest BCUT2D eigenvalue weighted by Gasteiger charge is 2.18. The molecule has 0 unspecified atom stereocenters. The number of aromatic nitrogens is 1. The van der Waals surface area contributed by atoms with Crippen LogP contribution in [0.4, 0.5) is 10.5 Å². The molecule has 0 bridgehead atoms. The Labute approximate surface area is 160 Å². The van der Waals surface area contributed by atoms with E-state index in [1.807, 2.05) is 56.3 Å². The summed E-state index contributed by atoms with van der Waals surface area (Å²) in [6.07, 6.45) is -0.769. The number of hydrogen-bond donors (Lipinski definition) is 1. The van der Waals surface area contributed by atoms with Gasteiger partial charge in [0.1, 0.15) is 0 Å². The van der Waals surface area contributed by atoms with Gasteiger partial charge in [0.05, 0.1) is 24.0 Å². The molecule has 1 heterocycles. The Morgan fingerprint density at radius 3 is 2.58 bits per heavy atom. The van der Waals surface area contributed by atoms with Crippen molar-refractivity contribution < 1.29 is 14.3 Å². The maximum absolute atomic E-state index is 11.7. The molecule has 3 rings (SSSR count). The number of pyridine rings is 1. The van der Waals surface area contributed by atoms with Crippen LogP contribution in [-0.4, -0.2) is 18.2 Å². The van der Waals surface area contributed by atoms with Crippen LogP contribution in [0.1, 0.15) is 16.8 Å². The first-order chi connectivity index (χ1) is 12.5. The van der Waals surface area contributed by atoms with Crippen LogP contribution in [0.2, 0.25) is 0 Å². The van der Waals surface area contributed by atoms with Crippen molar-refractivity contribution in [3.63, 3.8) is 0 Å². The van der Waals surface area contributed by atoms with E-state index in [0.29, 0.717) is 18.0 Å². The van der Waals surface area contributed by atoms with Gasteiger partial charge in [-0.3, -0.25) is 0 Å². The third kappa shape index (κ3) is 3.80. The van der Waals surface area contributed by atoms with Gasteiger partial charge in [0.2, 0.25) is 0 Å². The fourth-order valence-corrected chi connectivity index (χ4v) is 3.07. The summed E-state index contributed by atoms with van der Waals surface area (Å²) in [7, 11) is 1.28. The van der Waals surface area contributed by atoms with Crippen molar-refractivity contribution in [2.45, 2.75) is 20.4 Å². The van der Waals surface area contributed by atoms with Gasteiger partial charge in [-0.05, 0) is 43.2 Å². The normalized spacial score (nSPS) is 10.6. The zero-order chi connectivity index (χ0) is 18.7. The number of aryl methyl sites for hydroxylation is 2. The van der Waals surface area contributed by atoms with Crippen molar-refractivity contribution in [2.75, 3.05) is 12.4 Å². The molecule has 3 aromatic rings. The average molecular weight is 415 g/mol. The van der Waals surface area contributed by atoms with Crippen molar-refractivity contribution in [3.8, 4) is 5.75 Å². The van der Waals surface area contributed by atoms with Gasteiger partial charge in [0, 0.05) is 16.4 Å². The number of hydrogen-bond acceptors (Lipinski definition) is 5. The van der Waals surface area contributed by atoms with Crippen LogP contribution in [0.5, 0.6) is 5.75 Å². The highest BCUT2D eigenvalue weighted by molar-refractivity contribution is 9.10. The number of nitrogens with one attached hydrogen (secondary N) is 1. The Bertz CT molecular complexity index is 955. The Morgan fingerprint density at radius 2 is 1.88 bits per heavy atom. The minimum Gasteiger partial charge on any atom is -0.437 e. The summed E-state index contributed by atoms with van der Waals surface area (Å²) in [5, 5.41) is 4.34. The summed E-state index contributed by atoms with van der Waals surface area (Å²) in [5.74, 6) is 0.385. The molecule has 1 aromatic heterocycles. The molecule has 0 aliphatic heterocycles. The van der Waals surface area contributed by atoms with E-state index in [4.69, 9.17) is 4.74 Å². The molecule has 134 valence electrons. The lowest BCUT2D eigenvalue weighted by molar-refractivity contribution is 0.121. The number of ether oxygens (including phenoxy) is 2. The Balaban J connectivity index is 2.07. The predicted octanol–water partition coefficient (Wildman–Crippen LogP) is 5.37. The molecule has 2 aromatic carbocycles. The van der Waals surface area contributed by atoms with Crippen LogP contribution < -0.4 is 10.1 Å². The number of nitrogens with zero attached hydrogens (tertiary/aromatic N) is 1. The quantitative estimate of drug-likeness (QED) is 0.581. The molecule has 0 spiro atoms. The fourth-order valence-electron chi connectivity index (χ4n) is 2.81. The summed E-state index contributed by atoms with van der Waals surface area (Å²) in [6, 6.07) is 14.0. The van der Waals surface area contributed by atoms with Crippen LogP contribution >= 0.6 is 15.9 Å². The molecule has 0 atom stereocenters. The summed E-state index contributed by atoms with van der Waals surface area (Å²) in [6.45, 7) is 4.40. The Morgan fingerprint density at radius 1 is 1.15 bits per heavy atom. The van der Waals surface area contributed by atoms with Crippen molar-refractivity contribution >= 4 is 38.7 Å². The Kier molecular flexibility index (Phi) is 5.42. The van der Waals surface area contributed by atoms with Gasteiger partial charge in [-0.1, -0.05) is 40.2 Å². The fraction of sp³-hybridized carbons (Fsp3) is 0.200. The van der Waals surface area contributed by atoms with Gasteiger partial charge in [-0.2, -0.15) is 0 Å². The molecule has 0 aliphatic carbocycles. The largest absolute Gasteiger partial charge is 0.513 e. The SMILES string of the molecule is COC(=O)Oc1c(C)nc2cccc(C)c2c1NCc1ccc(Br)cc1.